The lowest BCUT2D eigenvalue weighted by atomic mass is 9.97. The van der Waals surface area contributed by atoms with Crippen molar-refractivity contribution in [2.45, 2.75) is 38.8 Å². The van der Waals surface area contributed by atoms with Gasteiger partial charge in [-0.1, -0.05) is 24.3 Å². The molecular formula is C25H23FN4O2. The lowest BCUT2D eigenvalue weighted by Crippen LogP contribution is -2.23. The number of aromatic nitrogens is 3. The van der Waals surface area contributed by atoms with E-state index in [4.69, 9.17) is 0 Å². The van der Waals surface area contributed by atoms with Crippen LogP contribution in [-0.2, 0) is 25.9 Å². The van der Waals surface area contributed by atoms with Crippen LogP contribution in [0.2, 0.25) is 0 Å². The number of carbonyl (C=O) groups is 1. The molecule has 2 aromatic carbocycles. The molecule has 1 aliphatic carbocycles. The Morgan fingerprint density at radius 1 is 0.969 bits per heavy atom. The quantitative estimate of drug-likeness (QED) is 0.527. The molecule has 0 aliphatic heterocycles. The molecule has 6 nitrogen and oxygen atoms in total. The maximum absolute atomic E-state index is 13.1. The number of rotatable bonds is 5. The zero-order valence-electron chi connectivity index (χ0n) is 17.6. The molecule has 1 N–H and O–H groups in total. The van der Waals surface area contributed by atoms with Crippen molar-refractivity contribution in [3.63, 3.8) is 0 Å². The second kappa shape index (κ2) is 8.42. The van der Waals surface area contributed by atoms with Crippen molar-refractivity contribution in [1.29, 1.82) is 0 Å². The summed E-state index contributed by atoms with van der Waals surface area (Å²) in [6.07, 6.45) is 7.65. The predicted molar refractivity (Wildman–Crippen MR) is 119 cm³/mol. The molecule has 5 rings (SSSR count). The standard InChI is InChI=1S/C25H23FN4O2/c26-20-11-7-17(8-12-20)15-27-24(31)19-9-5-18(6-10-19)16-29-13-14-30-23(25(29)32)21-3-1-2-4-22(21)28-30/h5-14H,1-4,15-16H2,(H,27,31). The molecule has 0 fully saturated rings. The van der Waals surface area contributed by atoms with Gasteiger partial charge in [0.2, 0.25) is 0 Å². The number of carbonyl (C=O) groups excluding carboxylic acids is 1. The lowest BCUT2D eigenvalue weighted by molar-refractivity contribution is 0.0951. The smallest absolute Gasteiger partial charge is 0.277 e. The molecule has 0 unspecified atom stereocenters. The Morgan fingerprint density at radius 3 is 2.47 bits per heavy atom. The van der Waals surface area contributed by atoms with E-state index in [2.05, 4.69) is 10.4 Å². The SMILES string of the molecule is O=C(NCc1ccc(F)cc1)c1ccc(Cn2ccn3nc4c(c3c2=O)CCCC4)cc1. The first-order valence-corrected chi connectivity index (χ1v) is 10.8. The van der Waals surface area contributed by atoms with Crippen LogP contribution in [-0.4, -0.2) is 20.1 Å². The van der Waals surface area contributed by atoms with Crippen LogP contribution >= 0.6 is 0 Å². The monoisotopic (exact) mass is 430 g/mol. The number of fused-ring (bicyclic) bond motifs is 3. The Kier molecular flexibility index (Phi) is 5.31. The minimum Gasteiger partial charge on any atom is -0.348 e. The van der Waals surface area contributed by atoms with Crippen molar-refractivity contribution in [1.82, 2.24) is 19.5 Å². The molecule has 7 heteroatoms. The number of halogens is 1. The fraction of sp³-hybridized carbons (Fsp3) is 0.240. The summed E-state index contributed by atoms with van der Waals surface area (Å²) in [6, 6.07) is 13.2. The number of nitrogens with zero attached hydrogens (tertiary/aromatic N) is 3. The highest BCUT2D eigenvalue weighted by Gasteiger charge is 2.19. The summed E-state index contributed by atoms with van der Waals surface area (Å²) in [5.41, 5.74) is 5.06. The van der Waals surface area contributed by atoms with Crippen molar-refractivity contribution in [3.8, 4) is 0 Å². The van der Waals surface area contributed by atoms with E-state index < -0.39 is 0 Å². The average Bonchev–Trinajstić information content (AvgIpc) is 3.20. The number of aryl methyl sites for hydroxylation is 2. The van der Waals surface area contributed by atoms with Crippen molar-refractivity contribution in [2.75, 3.05) is 0 Å². The normalized spacial score (nSPS) is 13.2. The van der Waals surface area contributed by atoms with E-state index >= 15 is 0 Å². The number of nitrogens with one attached hydrogen (secondary N) is 1. The predicted octanol–water partition coefficient (Wildman–Crippen LogP) is 3.49. The number of benzene rings is 2. The van der Waals surface area contributed by atoms with Crippen LogP contribution in [0, 0.1) is 5.82 Å². The number of hydrogen-bond acceptors (Lipinski definition) is 3. The Balaban J connectivity index is 1.30. The maximum Gasteiger partial charge on any atom is 0.277 e. The van der Waals surface area contributed by atoms with E-state index in [1.165, 1.54) is 12.1 Å². The number of hydrogen-bond donors (Lipinski definition) is 1. The van der Waals surface area contributed by atoms with Crippen LogP contribution in [0.3, 0.4) is 0 Å². The van der Waals surface area contributed by atoms with Crippen molar-refractivity contribution >= 4 is 11.4 Å². The summed E-state index contributed by atoms with van der Waals surface area (Å²) < 4.78 is 16.4. The zero-order chi connectivity index (χ0) is 22.1. The molecule has 0 bridgehead atoms. The van der Waals surface area contributed by atoms with Gasteiger partial charge in [0, 0.05) is 30.1 Å². The van der Waals surface area contributed by atoms with Crippen LogP contribution in [0.25, 0.3) is 5.52 Å². The highest BCUT2D eigenvalue weighted by atomic mass is 19.1. The molecule has 162 valence electrons. The largest absolute Gasteiger partial charge is 0.348 e. The van der Waals surface area contributed by atoms with Gasteiger partial charge in [-0.05, 0) is 61.1 Å². The third kappa shape index (κ3) is 3.93. The Morgan fingerprint density at radius 2 is 1.69 bits per heavy atom. The van der Waals surface area contributed by atoms with Gasteiger partial charge >= 0.3 is 0 Å². The first kappa shape index (κ1) is 20.2. The summed E-state index contributed by atoms with van der Waals surface area (Å²) >= 11 is 0. The van der Waals surface area contributed by atoms with E-state index in [1.54, 1.807) is 39.5 Å². The van der Waals surface area contributed by atoms with Crippen LogP contribution in [0.4, 0.5) is 4.39 Å². The van der Waals surface area contributed by atoms with E-state index in [1.807, 2.05) is 18.3 Å². The van der Waals surface area contributed by atoms with Gasteiger partial charge < -0.3 is 9.88 Å². The van der Waals surface area contributed by atoms with Crippen molar-refractivity contribution in [3.05, 3.63) is 105 Å². The van der Waals surface area contributed by atoms with Gasteiger partial charge in [0.1, 0.15) is 11.3 Å². The third-order valence-electron chi connectivity index (χ3n) is 5.97. The maximum atomic E-state index is 13.1. The molecule has 2 aromatic heterocycles. The molecule has 1 aliphatic rings. The number of amides is 1. The topological polar surface area (TPSA) is 68.4 Å². The fourth-order valence-electron chi connectivity index (χ4n) is 4.22. The summed E-state index contributed by atoms with van der Waals surface area (Å²) in [6.45, 7) is 0.749. The average molecular weight is 430 g/mol. The fourth-order valence-corrected chi connectivity index (χ4v) is 4.22. The van der Waals surface area contributed by atoms with Gasteiger partial charge in [0.25, 0.3) is 11.5 Å². The summed E-state index contributed by atoms with van der Waals surface area (Å²) in [5, 5.41) is 7.41. The van der Waals surface area contributed by atoms with E-state index in [0.717, 1.165) is 48.1 Å². The molecule has 4 aromatic rings. The molecule has 0 atom stereocenters. The second-order valence-corrected chi connectivity index (χ2v) is 8.16. The van der Waals surface area contributed by atoms with Gasteiger partial charge in [-0.2, -0.15) is 5.10 Å². The van der Waals surface area contributed by atoms with Gasteiger partial charge in [0.15, 0.2) is 0 Å². The first-order chi connectivity index (χ1) is 15.6. The molecule has 0 radical (unpaired) electrons. The molecule has 1 amide bonds. The highest BCUT2D eigenvalue weighted by Crippen LogP contribution is 2.22. The Bertz CT molecular complexity index is 1340. The van der Waals surface area contributed by atoms with Crippen LogP contribution in [0.5, 0.6) is 0 Å². The van der Waals surface area contributed by atoms with E-state index in [-0.39, 0.29) is 17.3 Å². The summed E-state index contributed by atoms with van der Waals surface area (Å²) in [7, 11) is 0. The molecule has 32 heavy (non-hydrogen) atoms. The molecule has 0 saturated heterocycles. The summed E-state index contributed by atoms with van der Waals surface area (Å²) in [4.78, 5) is 25.5. The minimum atomic E-state index is -0.304. The summed E-state index contributed by atoms with van der Waals surface area (Å²) in [5.74, 6) is -0.507. The van der Waals surface area contributed by atoms with Crippen LogP contribution in [0.1, 0.15) is 45.6 Å². The Hall–Kier alpha value is -3.74. The highest BCUT2D eigenvalue weighted by molar-refractivity contribution is 5.94. The van der Waals surface area contributed by atoms with Crippen molar-refractivity contribution < 1.29 is 9.18 Å². The zero-order valence-corrected chi connectivity index (χ0v) is 17.6. The second-order valence-electron chi connectivity index (χ2n) is 8.16. The van der Waals surface area contributed by atoms with Crippen molar-refractivity contribution in [2.24, 2.45) is 0 Å². The molecule has 0 saturated carbocycles. The third-order valence-corrected chi connectivity index (χ3v) is 5.97. The molecule has 0 spiro atoms. The van der Waals surface area contributed by atoms with Gasteiger partial charge in [-0.25, -0.2) is 8.91 Å². The lowest BCUT2D eigenvalue weighted by Gasteiger charge is -2.10. The van der Waals surface area contributed by atoms with Crippen LogP contribution < -0.4 is 10.9 Å². The molecular weight excluding hydrogens is 407 g/mol. The van der Waals surface area contributed by atoms with Gasteiger partial charge in [-0.3, -0.25) is 9.59 Å². The van der Waals surface area contributed by atoms with Gasteiger partial charge in [-0.15, -0.1) is 0 Å². The van der Waals surface area contributed by atoms with E-state index in [0.29, 0.717) is 24.2 Å². The Labute approximate surface area is 184 Å². The molecule has 2 heterocycles. The van der Waals surface area contributed by atoms with E-state index in [9.17, 15) is 14.0 Å². The first-order valence-electron chi connectivity index (χ1n) is 10.8. The van der Waals surface area contributed by atoms with Crippen LogP contribution in [0.15, 0.2) is 65.7 Å². The van der Waals surface area contributed by atoms with Gasteiger partial charge in [0.05, 0.1) is 12.2 Å². The minimum absolute atomic E-state index is 0.0377.